The van der Waals surface area contributed by atoms with E-state index < -0.39 is 0 Å². The average Bonchev–Trinajstić information content (AvgIpc) is 2.39. The summed E-state index contributed by atoms with van der Waals surface area (Å²) >= 11 is 12.0. The topological polar surface area (TPSA) is 38.0 Å². The van der Waals surface area contributed by atoms with Crippen molar-refractivity contribution in [1.82, 2.24) is 5.43 Å². The summed E-state index contributed by atoms with van der Waals surface area (Å²) < 4.78 is 13.1. The first-order valence-electron chi connectivity index (χ1n) is 6.17. The second-order valence-electron chi connectivity index (χ2n) is 4.66. The molecular weight excluding hydrogens is 298 g/mol. The van der Waals surface area contributed by atoms with E-state index in [1.165, 1.54) is 12.1 Å². The van der Waals surface area contributed by atoms with Crippen molar-refractivity contribution >= 4 is 23.2 Å². The number of hydrogen-bond donors (Lipinski definition) is 2. The molecule has 0 spiro atoms. The van der Waals surface area contributed by atoms with Gasteiger partial charge in [0.25, 0.3) is 0 Å². The van der Waals surface area contributed by atoms with Gasteiger partial charge in [0.15, 0.2) is 0 Å². The van der Waals surface area contributed by atoms with E-state index >= 15 is 0 Å². The minimum absolute atomic E-state index is 0.116. The van der Waals surface area contributed by atoms with Crippen LogP contribution in [0.4, 0.5) is 4.39 Å². The molecule has 0 aliphatic rings. The first-order valence-corrected chi connectivity index (χ1v) is 6.93. The third kappa shape index (κ3) is 3.49. The van der Waals surface area contributed by atoms with Gasteiger partial charge in [0.2, 0.25) is 0 Å². The summed E-state index contributed by atoms with van der Waals surface area (Å²) in [6.07, 6.45) is 0.568. The van der Waals surface area contributed by atoms with E-state index in [0.717, 1.165) is 16.7 Å². The fourth-order valence-electron chi connectivity index (χ4n) is 2.20. The van der Waals surface area contributed by atoms with Crippen molar-refractivity contribution in [3.05, 3.63) is 69.0 Å². The lowest BCUT2D eigenvalue weighted by molar-refractivity contribution is 0.548. The number of hydrazine groups is 1. The third-order valence-corrected chi connectivity index (χ3v) is 3.83. The van der Waals surface area contributed by atoms with Crippen molar-refractivity contribution in [2.24, 2.45) is 5.84 Å². The highest BCUT2D eigenvalue weighted by Gasteiger charge is 2.15. The van der Waals surface area contributed by atoms with Crippen LogP contribution < -0.4 is 11.3 Å². The van der Waals surface area contributed by atoms with Crippen molar-refractivity contribution in [3.63, 3.8) is 0 Å². The normalized spacial score (nSPS) is 12.4. The molecule has 0 fully saturated rings. The Labute approximate surface area is 127 Å². The van der Waals surface area contributed by atoms with Crippen molar-refractivity contribution in [3.8, 4) is 0 Å². The quantitative estimate of drug-likeness (QED) is 0.656. The molecule has 5 heteroatoms. The van der Waals surface area contributed by atoms with Gasteiger partial charge in [0.05, 0.1) is 6.04 Å². The fraction of sp³-hybridized carbons (Fsp3) is 0.200. The lowest BCUT2D eigenvalue weighted by Gasteiger charge is -2.19. The zero-order valence-corrected chi connectivity index (χ0v) is 12.5. The first kappa shape index (κ1) is 15.3. The van der Waals surface area contributed by atoms with Gasteiger partial charge in [-0.2, -0.15) is 0 Å². The highest BCUT2D eigenvalue weighted by atomic mass is 35.5. The second-order valence-corrected chi connectivity index (χ2v) is 5.50. The summed E-state index contributed by atoms with van der Waals surface area (Å²) in [5.41, 5.74) is 5.69. The number of aryl methyl sites for hydroxylation is 1. The minimum atomic E-state index is -0.348. The van der Waals surface area contributed by atoms with E-state index in [1.54, 1.807) is 6.07 Å². The smallest absolute Gasteiger partial charge is 0.124 e. The maximum atomic E-state index is 13.1. The Bertz CT molecular complexity index is 617. The molecule has 106 valence electrons. The summed E-state index contributed by atoms with van der Waals surface area (Å²) in [7, 11) is 0. The molecule has 1 unspecified atom stereocenters. The highest BCUT2D eigenvalue weighted by Crippen LogP contribution is 2.27. The molecular formula is C15H15Cl2FN2. The summed E-state index contributed by atoms with van der Waals surface area (Å²) in [6, 6.07) is 9.89. The van der Waals surface area contributed by atoms with Crippen molar-refractivity contribution in [2.45, 2.75) is 19.4 Å². The van der Waals surface area contributed by atoms with Crippen LogP contribution in [-0.2, 0) is 6.42 Å². The Kier molecular flexibility index (Phi) is 5.00. The lowest BCUT2D eigenvalue weighted by atomic mass is 9.96. The summed E-state index contributed by atoms with van der Waals surface area (Å²) in [5.74, 6) is 5.29. The predicted molar refractivity (Wildman–Crippen MR) is 81.4 cm³/mol. The molecule has 2 aromatic carbocycles. The number of nitrogens with two attached hydrogens (primary N) is 1. The summed E-state index contributed by atoms with van der Waals surface area (Å²) in [4.78, 5) is 0. The number of hydrogen-bond acceptors (Lipinski definition) is 2. The van der Waals surface area contributed by atoms with Crippen LogP contribution in [0, 0.1) is 12.7 Å². The Morgan fingerprint density at radius 3 is 2.55 bits per heavy atom. The number of rotatable bonds is 4. The molecule has 2 rings (SSSR count). The SMILES string of the molecule is Cc1cc(Cl)ccc1C(Cc1ccc(F)cc1Cl)NN. The van der Waals surface area contributed by atoms with Gasteiger partial charge < -0.3 is 0 Å². The molecule has 0 aliphatic heterocycles. The highest BCUT2D eigenvalue weighted by molar-refractivity contribution is 6.31. The van der Waals surface area contributed by atoms with E-state index in [1.807, 2.05) is 25.1 Å². The molecule has 0 saturated heterocycles. The minimum Gasteiger partial charge on any atom is -0.271 e. The Morgan fingerprint density at radius 2 is 1.95 bits per heavy atom. The lowest BCUT2D eigenvalue weighted by Crippen LogP contribution is -2.30. The van der Waals surface area contributed by atoms with Crippen LogP contribution in [0.3, 0.4) is 0 Å². The van der Waals surface area contributed by atoms with Gasteiger partial charge in [-0.3, -0.25) is 11.3 Å². The molecule has 20 heavy (non-hydrogen) atoms. The molecule has 0 aromatic heterocycles. The van der Waals surface area contributed by atoms with Crippen molar-refractivity contribution in [2.75, 3.05) is 0 Å². The molecule has 3 N–H and O–H groups in total. The van der Waals surface area contributed by atoms with Crippen LogP contribution in [0.25, 0.3) is 0 Å². The summed E-state index contributed by atoms with van der Waals surface area (Å²) in [6.45, 7) is 1.97. The first-order chi connectivity index (χ1) is 9.51. The van der Waals surface area contributed by atoms with E-state index in [4.69, 9.17) is 29.0 Å². The van der Waals surface area contributed by atoms with Gasteiger partial charge in [-0.05, 0) is 54.3 Å². The third-order valence-electron chi connectivity index (χ3n) is 3.25. The number of nitrogens with one attached hydrogen (secondary N) is 1. The van der Waals surface area contributed by atoms with Crippen LogP contribution in [0.5, 0.6) is 0 Å². The Morgan fingerprint density at radius 1 is 1.20 bits per heavy atom. The van der Waals surface area contributed by atoms with Crippen LogP contribution in [-0.4, -0.2) is 0 Å². The van der Waals surface area contributed by atoms with Crippen LogP contribution in [0.15, 0.2) is 36.4 Å². The molecule has 0 amide bonds. The zero-order chi connectivity index (χ0) is 14.7. The largest absolute Gasteiger partial charge is 0.271 e. The van der Waals surface area contributed by atoms with Gasteiger partial charge in [-0.25, -0.2) is 4.39 Å². The molecule has 0 saturated carbocycles. The monoisotopic (exact) mass is 312 g/mol. The van der Waals surface area contributed by atoms with E-state index in [-0.39, 0.29) is 11.9 Å². The van der Waals surface area contributed by atoms with Crippen LogP contribution in [0.2, 0.25) is 10.0 Å². The van der Waals surface area contributed by atoms with E-state index in [2.05, 4.69) is 5.43 Å². The molecule has 0 radical (unpaired) electrons. The van der Waals surface area contributed by atoms with Crippen LogP contribution in [0.1, 0.15) is 22.7 Å². The molecule has 2 aromatic rings. The van der Waals surface area contributed by atoms with Gasteiger partial charge >= 0.3 is 0 Å². The standard InChI is InChI=1S/C15H15Cl2FN2/c1-9-6-11(16)3-5-13(9)15(20-19)7-10-2-4-12(18)8-14(10)17/h2-6,8,15,20H,7,19H2,1H3. The van der Waals surface area contributed by atoms with Gasteiger partial charge in [-0.1, -0.05) is 35.3 Å². The molecule has 0 heterocycles. The van der Waals surface area contributed by atoms with Gasteiger partial charge in [-0.15, -0.1) is 0 Å². The van der Waals surface area contributed by atoms with Crippen LogP contribution >= 0.6 is 23.2 Å². The maximum Gasteiger partial charge on any atom is 0.124 e. The van der Waals surface area contributed by atoms with Gasteiger partial charge in [0, 0.05) is 10.0 Å². The van der Waals surface area contributed by atoms with Crippen molar-refractivity contribution < 1.29 is 4.39 Å². The summed E-state index contributed by atoms with van der Waals surface area (Å²) in [5, 5.41) is 1.08. The number of halogens is 3. The average molecular weight is 313 g/mol. The molecule has 0 bridgehead atoms. The second kappa shape index (κ2) is 6.55. The van der Waals surface area contributed by atoms with Gasteiger partial charge in [0.1, 0.15) is 5.82 Å². The maximum absolute atomic E-state index is 13.1. The molecule has 0 aliphatic carbocycles. The molecule has 2 nitrogen and oxygen atoms in total. The fourth-order valence-corrected chi connectivity index (χ4v) is 2.67. The zero-order valence-electron chi connectivity index (χ0n) is 11.0. The van der Waals surface area contributed by atoms with E-state index in [9.17, 15) is 4.39 Å². The molecule has 1 atom stereocenters. The Balaban J connectivity index is 2.28. The number of benzene rings is 2. The van der Waals surface area contributed by atoms with E-state index in [0.29, 0.717) is 16.5 Å². The Hall–Kier alpha value is -1.13. The van der Waals surface area contributed by atoms with Crippen molar-refractivity contribution in [1.29, 1.82) is 0 Å². The predicted octanol–water partition coefficient (Wildman–Crippen LogP) is 4.19.